The lowest BCUT2D eigenvalue weighted by molar-refractivity contribution is -0.201. The Balaban J connectivity index is 1.58. The van der Waals surface area contributed by atoms with Crippen LogP contribution < -0.4 is 0 Å². The molecule has 3 heterocycles. The average molecular weight is 376 g/mol. The molecule has 1 aliphatic carbocycles. The van der Waals surface area contributed by atoms with Crippen molar-refractivity contribution < 1.29 is 14.3 Å². The van der Waals surface area contributed by atoms with Crippen molar-refractivity contribution >= 4 is 5.97 Å². The molecule has 0 aromatic heterocycles. The highest BCUT2D eigenvalue weighted by Crippen LogP contribution is 2.46. The van der Waals surface area contributed by atoms with Crippen molar-refractivity contribution in [2.75, 3.05) is 6.54 Å². The minimum atomic E-state index is -0.386. The Morgan fingerprint density at radius 1 is 1.26 bits per heavy atom. The zero-order valence-corrected chi connectivity index (χ0v) is 17.7. The topological polar surface area (TPSA) is 38.8 Å². The minimum Gasteiger partial charge on any atom is -0.435 e. The summed E-state index contributed by atoms with van der Waals surface area (Å²) in [7, 11) is 0. The third-order valence-corrected chi connectivity index (χ3v) is 7.70. The lowest BCUT2D eigenvalue weighted by Crippen LogP contribution is -2.50. The van der Waals surface area contributed by atoms with Crippen LogP contribution in [-0.4, -0.2) is 41.4 Å². The molecule has 4 rings (SSSR count). The molecule has 4 aliphatic rings. The molecule has 3 fully saturated rings. The van der Waals surface area contributed by atoms with Crippen LogP contribution >= 0.6 is 0 Å². The second-order valence-electron chi connectivity index (χ2n) is 10.3. The van der Waals surface area contributed by atoms with Gasteiger partial charge in [-0.3, -0.25) is 9.69 Å². The van der Waals surface area contributed by atoms with Gasteiger partial charge in [-0.25, -0.2) is 0 Å². The second-order valence-corrected chi connectivity index (χ2v) is 10.3. The summed E-state index contributed by atoms with van der Waals surface area (Å²) in [6, 6.07) is 0.370. The molecule has 27 heavy (non-hydrogen) atoms. The van der Waals surface area contributed by atoms with Gasteiger partial charge >= 0.3 is 5.97 Å². The number of cyclic esters (lactones) is 1. The van der Waals surface area contributed by atoms with Gasteiger partial charge in [0.1, 0.15) is 0 Å². The van der Waals surface area contributed by atoms with Crippen molar-refractivity contribution in [1.82, 2.24) is 4.90 Å². The maximum Gasteiger partial charge on any atom is 0.315 e. The summed E-state index contributed by atoms with van der Waals surface area (Å²) in [5.41, 5.74) is -0.00381. The van der Waals surface area contributed by atoms with Gasteiger partial charge in [0.25, 0.3) is 0 Å². The molecule has 0 spiro atoms. The first kappa shape index (κ1) is 19.4. The molecule has 2 saturated heterocycles. The van der Waals surface area contributed by atoms with Crippen LogP contribution in [-0.2, 0) is 14.3 Å². The minimum absolute atomic E-state index is 0.00381. The summed E-state index contributed by atoms with van der Waals surface area (Å²) in [6.45, 7) is 12.6. The third-order valence-electron chi connectivity index (χ3n) is 7.70. The zero-order valence-electron chi connectivity index (χ0n) is 17.7. The van der Waals surface area contributed by atoms with E-state index >= 15 is 0 Å². The molecule has 0 amide bonds. The Hall–Kier alpha value is -0.870. The van der Waals surface area contributed by atoms with Crippen LogP contribution in [0.1, 0.15) is 66.7 Å². The normalized spacial score (nSPS) is 44.1. The van der Waals surface area contributed by atoms with Crippen molar-refractivity contribution in [1.29, 1.82) is 0 Å². The van der Waals surface area contributed by atoms with Gasteiger partial charge in [-0.05, 0) is 63.8 Å². The first-order chi connectivity index (χ1) is 12.8. The lowest BCUT2D eigenvalue weighted by atomic mass is 9.75. The van der Waals surface area contributed by atoms with Crippen LogP contribution in [0.5, 0.6) is 0 Å². The van der Waals surface area contributed by atoms with Crippen molar-refractivity contribution in [2.45, 2.75) is 90.7 Å². The highest BCUT2D eigenvalue weighted by Gasteiger charge is 2.55. The van der Waals surface area contributed by atoms with Crippen molar-refractivity contribution in [3.05, 3.63) is 12.2 Å². The van der Waals surface area contributed by atoms with E-state index in [0.29, 0.717) is 23.8 Å². The van der Waals surface area contributed by atoms with Crippen LogP contribution in [0, 0.1) is 29.6 Å². The number of carbonyl (C=O) groups excluding carboxylic acids is 1. The van der Waals surface area contributed by atoms with Gasteiger partial charge < -0.3 is 9.47 Å². The predicted octanol–water partition coefficient (Wildman–Crippen LogP) is 4.39. The van der Waals surface area contributed by atoms with E-state index in [0.717, 1.165) is 19.4 Å². The number of nitrogens with zero attached hydrogens (tertiary/aromatic N) is 1. The monoisotopic (exact) mass is 375 g/mol. The summed E-state index contributed by atoms with van der Waals surface area (Å²) in [4.78, 5) is 15.3. The molecule has 3 aliphatic heterocycles. The van der Waals surface area contributed by atoms with Gasteiger partial charge in [-0.2, -0.15) is 0 Å². The van der Waals surface area contributed by atoms with Crippen molar-refractivity contribution in [3.63, 3.8) is 0 Å². The quantitative estimate of drug-likeness (QED) is 0.542. The van der Waals surface area contributed by atoms with Gasteiger partial charge in [0.2, 0.25) is 6.29 Å². The van der Waals surface area contributed by atoms with E-state index in [4.69, 9.17) is 9.47 Å². The fraction of sp³-hybridized carbons (Fsp3) is 0.870. The first-order valence-electron chi connectivity index (χ1n) is 11.1. The fourth-order valence-corrected chi connectivity index (χ4v) is 6.13. The van der Waals surface area contributed by atoms with Gasteiger partial charge in [0.15, 0.2) is 0 Å². The van der Waals surface area contributed by atoms with E-state index in [1.807, 2.05) is 0 Å². The number of rotatable bonds is 3. The summed E-state index contributed by atoms with van der Waals surface area (Å²) in [6.07, 6.45) is 10.1. The smallest absolute Gasteiger partial charge is 0.315 e. The van der Waals surface area contributed by atoms with Crippen LogP contribution in [0.4, 0.5) is 0 Å². The molecule has 4 heteroatoms. The molecular formula is C23H37NO3. The third kappa shape index (κ3) is 3.48. The van der Waals surface area contributed by atoms with E-state index in [9.17, 15) is 4.79 Å². The number of hydrogen-bond acceptors (Lipinski definition) is 4. The first-order valence-corrected chi connectivity index (χ1v) is 11.1. The van der Waals surface area contributed by atoms with E-state index in [1.54, 1.807) is 0 Å². The van der Waals surface area contributed by atoms with E-state index in [2.05, 4.69) is 51.7 Å². The molecule has 1 saturated carbocycles. The van der Waals surface area contributed by atoms with E-state index in [1.165, 1.54) is 19.3 Å². The van der Waals surface area contributed by atoms with Crippen molar-refractivity contribution in [3.8, 4) is 0 Å². The Bertz CT molecular complexity index is 598. The molecule has 0 N–H and O–H groups in total. The highest BCUT2D eigenvalue weighted by molar-refractivity contribution is 5.77. The second kappa shape index (κ2) is 7.18. The molecule has 0 aromatic rings. The summed E-state index contributed by atoms with van der Waals surface area (Å²) in [5.74, 6) is 1.75. The van der Waals surface area contributed by atoms with Crippen LogP contribution in [0.15, 0.2) is 12.2 Å². The Morgan fingerprint density at radius 3 is 2.78 bits per heavy atom. The SMILES string of the molecule is CC(C)[C@@H]1CC[C@@H](C)C[C@H]1O[C@@H]1OC(=O)[C@H]2C=CC(C)(C)N3CCC[C@H]3[C@@H]12. The Labute approximate surface area is 164 Å². The summed E-state index contributed by atoms with van der Waals surface area (Å²) in [5, 5.41) is 0. The van der Waals surface area contributed by atoms with Gasteiger partial charge in [-0.1, -0.05) is 39.3 Å². The number of fused-ring (bicyclic) bond motifs is 3. The molecular weight excluding hydrogens is 338 g/mol. The largest absolute Gasteiger partial charge is 0.435 e. The maximum atomic E-state index is 12.7. The highest BCUT2D eigenvalue weighted by atomic mass is 16.7. The standard InChI is InChI=1S/C23H37NO3/c1-14(2)16-9-8-15(3)13-19(16)26-22-20-17(21(25)27-22)10-11-23(4,5)24-12-6-7-18(20)24/h10-11,14-20,22H,6-9,12-13H2,1-5H3/t15-,16+,17+,18+,19-,20+,22-/m1/s1. The molecule has 0 aromatic carbocycles. The van der Waals surface area contributed by atoms with Gasteiger partial charge in [0.05, 0.1) is 17.9 Å². The summed E-state index contributed by atoms with van der Waals surface area (Å²) >= 11 is 0. The van der Waals surface area contributed by atoms with Crippen LogP contribution in [0.2, 0.25) is 0 Å². The predicted molar refractivity (Wildman–Crippen MR) is 106 cm³/mol. The fourth-order valence-electron chi connectivity index (χ4n) is 6.13. The lowest BCUT2D eigenvalue weighted by Gasteiger charge is -2.42. The number of hydrogen-bond donors (Lipinski definition) is 0. The van der Waals surface area contributed by atoms with E-state index < -0.39 is 0 Å². The molecule has 0 bridgehead atoms. The number of esters is 1. The van der Waals surface area contributed by atoms with Crippen LogP contribution in [0.3, 0.4) is 0 Å². The molecule has 0 radical (unpaired) electrons. The van der Waals surface area contributed by atoms with E-state index in [-0.39, 0.29) is 35.7 Å². The van der Waals surface area contributed by atoms with Gasteiger partial charge in [-0.15, -0.1) is 0 Å². The molecule has 4 nitrogen and oxygen atoms in total. The zero-order chi connectivity index (χ0) is 19.3. The summed E-state index contributed by atoms with van der Waals surface area (Å²) < 4.78 is 12.5. The van der Waals surface area contributed by atoms with Crippen molar-refractivity contribution in [2.24, 2.45) is 29.6 Å². The maximum absolute atomic E-state index is 12.7. The van der Waals surface area contributed by atoms with Crippen LogP contribution in [0.25, 0.3) is 0 Å². The Kier molecular flexibility index (Phi) is 5.17. The molecule has 152 valence electrons. The Morgan fingerprint density at radius 2 is 2.04 bits per heavy atom. The average Bonchev–Trinajstić information content (AvgIpc) is 3.15. The molecule has 7 atom stereocenters. The number of carbonyl (C=O) groups is 1. The molecule has 0 unspecified atom stereocenters. The number of ether oxygens (including phenoxy) is 2. The van der Waals surface area contributed by atoms with Gasteiger partial charge in [0, 0.05) is 11.6 Å².